The molecule has 1 N–H and O–H groups in total. The average Bonchev–Trinajstić information content (AvgIpc) is 2.80. The molecule has 3 rings (SSSR count). The molecule has 1 atom stereocenters. The first kappa shape index (κ1) is 10.8. The second kappa shape index (κ2) is 3.57. The summed E-state index contributed by atoms with van der Waals surface area (Å²) < 4.78 is 9.84. The SMILES string of the molecule is O=C1CC(N2CCn3c(=O)oc(=O)n3N2)C(=O)O1. The predicted octanol–water partition coefficient (Wildman–Crippen LogP) is -2.78. The summed E-state index contributed by atoms with van der Waals surface area (Å²) in [6, 6.07) is -0.803. The molecule has 1 fully saturated rings. The number of carbonyl (C=O) groups is 2. The summed E-state index contributed by atoms with van der Waals surface area (Å²) >= 11 is 0. The molecule has 1 unspecified atom stereocenters. The lowest BCUT2D eigenvalue weighted by Gasteiger charge is -2.30. The van der Waals surface area contributed by atoms with Crippen LogP contribution in [0.25, 0.3) is 0 Å². The van der Waals surface area contributed by atoms with Crippen LogP contribution in [0.15, 0.2) is 14.0 Å². The van der Waals surface area contributed by atoms with Crippen LogP contribution in [0.3, 0.4) is 0 Å². The Morgan fingerprint density at radius 2 is 1.89 bits per heavy atom. The van der Waals surface area contributed by atoms with E-state index in [1.54, 1.807) is 0 Å². The van der Waals surface area contributed by atoms with Gasteiger partial charge >= 0.3 is 23.5 Å². The number of cyclic esters (lactones) is 2. The molecule has 0 aromatic carbocycles. The van der Waals surface area contributed by atoms with Gasteiger partial charge < -0.3 is 9.15 Å². The van der Waals surface area contributed by atoms with Crippen molar-refractivity contribution in [2.75, 3.05) is 12.1 Å². The van der Waals surface area contributed by atoms with Crippen molar-refractivity contribution in [3.63, 3.8) is 0 Å². The van der Waals surface area contributed by atoms with Crippen LogP contribution in [-0.2, 0) is 20.9 Å². The van der Waals surface area contributed by atoms with E-state index >= 15 is 0 Å². The minimum Gasteiger partial charge on any atom is -0.392 e. The number of nitrogens with one attached hydrogen (secondary N) is 1. The Morgan fingerprint density at radius 3 is 2.56 bits per heavy atom. The van der Waals surface area contributed by atoms with E-state index in [0.717, 1.165) is 9.47 Å². The number of hydrogen-bond donors (Lipinski definition) is 1. The Hall–Kier alpha value is -2.36. The molecule has 10 heteroatoms. The number of fused-ring (bicyclic) bond motifs is 1. The summed E-state index contributed by atoms with van der Waals surface area (Å²) in [6.45, 7) is 0.418. The van der Waals surface area contributed by atoms with Crippen LogP contribution in [0.4, 0.5) is 0 Å². The van der Waals surface area contributed by atoms with Gasteiger partial charge in [0.15, 0.2) is 0 Å². The van der Waals surface area contributed by atoms with Crippen LogP contribution in [0, 0.1) is 0 Å². The second-order valence-electron chi connectivity index (χ2n) is 3.88. The van der Waals surface area contributed by atoms with Crippen molar-refractivity contribution in [2.24, 2.45) is 0 Å². The van der Waals surface area contributed by atoms with Crippen molar-refractivity contribution in [1.29, 1.82) is 0 Å². The van der Waals surface area contributed by atoms with Crippen LogP contribution in [0.2, 0.25) is 0 Å². The van der Waals surface area contributed by atoms with Crippen LogP contribution in [0.5, 0.6) is 0 Å². The fraction of sp³-hybridized carbons (Fsp3) is 0.500. The van der Waals surface area contributed by atoms with Gasteiger partial charge in [-0.25, -0.2) is 19.9 Å². The number of nitrogens with zero attached hydrogens (tertiary/aromatic N) is 3. The summed E-state index contributed by atoms with van der Waals surface area (Å²) in [5.41, 5.74) is 2.53. The highest BCUT2D eigenvalue weighted by atomic mass is 16.6. The first-order valence-electron chi connectivity index (χ1n) is 5.17. The first-order valence-corrected chi connectivity index (χ1v) is 5.17. The summed E-state index contributed by atoms with van der Waals surface area (Å²) in [4.78, 5) is 45.7. The fourth-order valence-corrected chi connectivity index (χ4v) is 1.94. The predicted molar refractivity (Wildman–Crippen MR) is 52.8 cm³/mol. The number of hydrogen-bond acceptors (Lipinski definition) is 8. The molecule has 2 aliphatic rings. The van der Waals surface area contributed by atoms with E-state index in [1.807, 2.05) is 0 Å². The molecule has 10 nitrogen and oxygen atoms in total. The van der Waals surface area contributed by atoms with Gasteiger partial charge in [0.2, 0.25) is 0 Å². The third-order valence-electron chi connectivity index (χ3n) is 2.80. The van der Waals surface area contributed by atoms with Crippen molar-refractivity contribution in [3.8, 4) is 0 Å². The van der Waals surface area contributed by atoms with E-state index in [9.17, 15) is 19.2 Å². The summed E-state index contributed by atoms with van der Waals surface area (Å²) in [5.74, 6) is -2.96. The molecule has 96 valence electrons. The van der Waals surface area contributed by atoms with Gasteiger partial charge in [-0.2, -0.15) is 9.69 Å². The lowest BCUT2D eigenvalue weighted by atomic mass is 10.2. The van der Waals surface area contributed by atoms with E-state index in [1.165, 1.54) is 5.01 Å². The fourth-order valence-electron chi connectivity index (χ4n) is 1.94. The molecule has 1 aromatic rings. The topological polar surface area (TPSA) is 116 Å². The Kier molecular flexibility index (Phi) is 2.13. The number of hydrazine groups is 1. The maximum Gasteiger partial charge on any atom is 0.458 e. The molecule has 18 heavy (non-hydrogen) atoms. The molecule has 0 aliphatic carbocycles. The average molecular weight is 256 g/mol. The molecule has 1 aromatic heterocycles. The maximum atomic E-state index is 11.4. The van der Waals surface area contributed by atoms with E-state index in [4.69, 9.17) is 0 Å². The lowest BCUT2D eigenvalue weighted by Crippen LogP contribution is -2.56. The Labute approximate surface area is 98.2 Å². The van der Waals surface area contributed by atoms with Crippen LogP contribution in [-0.4, -0.2) is 39.0 Å². The first-order chi connectivity index (χ1) is 8.56. The molecule has 1 saturated heterocycles. The number of carbonyl (C=O) groups excluding carboxylic acids is 2. The molecule has 0 spiro atoms. The standard InChI is InChI=1S/C8H8N4O6/c13-5-3-4(6(14)17-5)10-1-2-11-7(15)18-8(16)12(11)9-10/h4,9H,1-3H2. The van der Waals surface area contributed by atoms with Crippen molar-refractivity contribution in [1.82, 2.24) is 14.5 Å². The monoisotopic (exact) mass is 256 g/mol. The minimum atomic E-state index is -0.887. The van der Waals surface area contributed by atoms with Crippen molar-refractivity contribution in [2.45, 2.75) is 19.0 Å². The molecule has 0 radical (unpaired) electrons. The Bertz CT molecular complexity index is 639. The number of esters is 2. The summed E-state index contributed by atoms with van der Waals surface area (Å²) in [7, 11) is 0. The zero-order chi connectivity index (χ0) is 12.9. The number of ether oxygens (including phenoxy) is 1. The van der Waals surface area contributed by atoms with Gasteiger partial charge in [-0.15, -0.1) is 4.79 Å². The van der Waals surface area contributed by atoms with E-state index in [0.29, 0.717) is 0 Å². The van der Waals surface area contributed by atoms with Crippen LogP contribution in [0.1, 0.15) is 6.42 Å². The van der Waals surface area contributed by atoms with Crippen LogP contribution >= 0.6 is 0 Å². The second-order valence-corrected chi connectivity index (χ2v) is 3.88. The highest BCUT2D eigenvalue weighted by Gasteiger charge is 2.40. The molecule has 2 aliphatic heterocycles. The third-order valence-corrected chi connectivity index (χ3v) is 2.80. The molecule has 0 saturated carbocycles. The number of rotatable bonds is 1. The van der Waals surface area contributed by atoms with Crippen molar-refractivity contribution >= 4 is 11.9 Å². The summed E-state index contributed by atoms with van der Waals surface area (Å²) in [5, 5.41) is 1.36. The molecule has 0 amide bonds. The lowest BCUT2D eigenvalue weighted by molar-refractivity contribution is -0.153. The normalized spacial score (nSPS) is 23.7. The molecular formula is C8H8N4O6. The van der Waals surface area contributed by atoms with Gasteiger partial charge in [0, 0.05) is 6.54 Å². The number of aromatic nitrogens is 2. The smallest absolute Gasteiger partial charge is 0.392 e. The third kappa shape index (κ3) is 1.46. The van der Waals surface area contributed by atoms with E-state index in [-0.39, 0.29) is 19.5 Å². The van der Waals surface area contributed by atoms with Gasteiger partial charge in [0.1, 0.15) is 6.04 Å². The molecule has 3 heterocycles. The largest absolute Gasteiger partial charge is 0.458 e. The van der Waals surface area contributed by atoms with Crippen molar-refractivity contribution < 1.29 is 18.7 Å². The highest BCUT2D eigenvalue weighted by Crippen LogP contribution is 2.15. The zero-order valence-electron chi connectivity index (χ0n) is 8.99. The Balaban J connectivity index is 1.89. The van der Waals surface area contributed by atoms with Gasteiger partial charge in [0.05, 0.1) is 13.0 Å². The Morgan fingerprint density at radius 1 is 1.11 bits per heavy atom. The van der Waals surface area contributed by atoms with E-state index < -0.39 is 29.5 Å². The summed E-state index contributed by atoms with van der Waals surface area (Å²) in [6.07, 6.45) is -0.0946. The van der Waals surface area contributed by atoms with Crippen LogP contribution < -0.4 is 17.0 Å². The van der Waals surface area contributed by atoms with E-state index in [2.05, 4.69) is 14.7 Å². The zero-order valence-corrected chi connectivity index (χ0v) is 8.99. The van der Waals surface area contributed by atoms with Gasteiger partial charge in [-0.1, -0.05) is 0 Å². The van der Waals surface area contributed by atoms with Crippen molar-refractivity contribution in [3.05, 3.63) is 21.1 Å². The molecule has 0 bridgehead atoms. The molecular weight excluding hydrogens is 248 g/mol. The quantitative estimate of drug-likeness (QED) is 0.423. The highest BCUT2D eigenvalue weighted by molar-refractivity contribution is 5.96. The van der Waals surface area contributed by atoms with Gasteiger partial charge in [-0.05, 0) is 0 Å². The van der Waals surface area contributed by atoms with Gasteiger partial charge in [-0.3, -0.25) is 4.79 Å². The van der Waals surface area contributed by atoms with Gasteiger partial charge in [0.25, 0.3) is 0 Å². The minimum absolute atomic E-state index is 0.0946. The maximum absolute atomic E-state index is 11.4.